The molecule has 0 aliphatic carbocycles. The molecule has 0 radical (unpaired) electrons. The van der Waals surface area contributed by atoms with Gasteiger partial charge in [-0.2, -0.15) is 0 Å². The van der Waals surface area contributed by atoms with Crippen LogP contribution in [0.4, 0.5) is 0 Å². The summed E-state index contributed by atoms with van der Waals surface area (Å²) in [7, 11) is 0. The topological polar surface area (TPSA) is 18.5 Å². The number of allylic oxidation sites excluding steroid dienone is 2. The predicted molar refractivity (Wildman–Crippen MR) is 67.3 cm³/mol. The van der Waals surface area contributed by atoms with E-state index in [0.29, 0.717) is 6.61 Å². The smallest absolute Gasteiger partial charge is 0.158 e. The molecule has 1 aliphatic rings. The standard InChI is InChI=1S/C14H24O2/c1-3-4-5-6-9-13(2)12-16-14-10-7-8-11-15-14/h3,9,14H,1,4-8,10-12H2,2H3/b13-9+. The second-order valence-corrected chi connectivity index (χ2v) is 4.38. The van der Waals surface area contributed by atoms with Gasteiger partial charge < -0.3 is 9.47 Å². The Morgan fingerprint density at radius 3 is 3.00 bits per heavy atom. The Morgan fingerprint density at radius 2 is 2.31 bits per heavy atom. The van der Waals surface area contributed by atoms with Crippen molar-refractivity contribution in [3.8, 4) is 0 Å². The fourth-order valence-corrected chi connectivity index (χ4v) is 1.74. The molecule has 0 saturated carbocycles. The molecule has 1 atom stereocenters. The van der Waals surface area contributed by atoms with E-state index in [0.717, 1.165) is 25.9 Å². The number of rotatable bonds is 7. The average Bonchev–Trinajstić information content (AvgIpc) is 2.33. The third-order valence-corrected chi connectivity index (χ3v) is 2.74. The maximum absolute atomic E-state index is 5.69. The van der Waals surface area contributed by atoms with Crippen molar-refractivity contribution in [2.75, 3.05) is 13.2 Å². The first kappa shape index (κ1) is 13.5. The Hall–Kier alpha value is -0.600. The van der Waals surface area contributed by atoms with E-state index in [1.807, 2.05) is 6.08 Å². The summed E-state index contributed by atoms with van der Waals surface area (Å²) >= 11 is 0. The van der Waals surface area contributed by atoms with Crippen LogP contribution in [0.1, 0.15) is 45.4 Å². The van der Waals surface area contributed by atoms with Crippen LogP contribution in [-0.4, -0.2) is 19.5 Å². The zero-order chi connectivity index (χ0) is 11.6. The maximum atomic E-state index is 5.69. The molecule has 0 aromatic rings. The van der Waals surface area contributed by atoms with Crippen molar-refractivity contribution in [3.63, 3.8) is 0 Å². The summed E-state index contributed by atoms with van der Waals surface area (Å²) in [6.45, 7) is 7.40. The first-order valence-corrected chi connectivity index (χ1v) is 6.32. The van der Waals surface area contributed by atoms with Gasteiger partial charge in [-0.3, -0.25) is 0 Å². The predicted octanol–water partition coefficient (Wildman–Crippen LogP) is 3.83. The zero-order valence-electron chi connectivity index (χ0n) is 10.4. The van der Waals surface area contributed by atoms with E-state index in [9.17, 15) is 0 Å². The molecule has 0 aromatic heterocycles. The van der Waals surface area contributed by atoms with Crippen molar-refractivity contribution in [2.24, 2.45) is 0 Å². The van der Waals surface area contributed by atoms with Crippen molar-refractivity contribution >= 4 is 0 Å². The second-order valence-electron chi connectivity index (χ2n) is 4.38. The van der Waals surface area contributed by atoms with Crippen molar-refractivity contribution in [3.05, 3.63) is 24.3 Å². The first-order valence-electron chi connectivity index (χ1n) is 6.32. The third kappa shape index (κ3) is 6.09. The maximum Gasteiger partial charge on any atom is 0.158 e. The largest absolute Gasteiger partial charge is 0.353 e. The normalized spacial score (nSPS) is 22.1. The number of unbranched alkanes of at least 4 members (excludes halogenated alkanes) is 2. The molecule has 0 spiro atoms. The minimum Gasteiger partial charge on any atom is -0.353 e. The quantitative estimate of drug-likeness (QED) is 0.483. The molecule has 1 unspecified atom stereocenters. The highest BCUT2D eigenvalue weighted by Gasteiger charge is 2.13. The van der Waals surface area contributed by atoms with Gasteiger partial charge in [0.1, 0.15) is 0 Å². The van der Waals surface area contributed by atoms with Gasteiger partial charge in [-0.1, -0.05) is 17.7 Å². The summed E-state index contributed by atoms with van der Waals surface area (Å²) < 4.78 is 11.2. The molecule has 1 fully saturated rings. The van der Waals surface area contributed by atoms with Crippen molar-refractivity contribution in [1.82, 2.24) is 0 Å². The molecule has 2 heteroatoms. The van der Waals surface area contributed by atoms with Crippen LogP contribution in [0.15, 0.2) is 24.3 Å². The number of ether oxygens (including phenoxy) is 2. The van der Waals surface area contributed by atoms with Crippen molar-refractivity contribution in [1.29, 1.82) is 0 Å². The molecule has 1 saturated heterocycles. The lowest BCUT2D eigenvalue weighted by atomic mass is 10.2. The molecule has 2 nitrogen and oxygen atoms in total. The van der Waals surface area contributed by atoms with Gasteiger partial charge in [-0.05, 0) is 45.4 Å². The molecule has 0 N–H and O–H groups in total. The summed E-state index contributed by atoms with van der Waals surface area (Å²) in [6.07, 6.45) is 11.1. The highest BCUT2D eigenvalue weighted by atomic mass is 16.7. The van der Waals surface area contributed by atoms with Crippen LogP contribution in [0.25, 0.3) is 0 Å². The second kappa shape index (κ2) is 8.54. The van der Waals surface area contributed by atoms with Gasteiger partial charge in [0.05, 0.1) is 6.61 Å². The van der Waals surface area contributed by atoms with E-state index < -0.39 is 0 Å². The Labute approximate surface area is 99.3 Å². The Balaban J connectivity index is 2.07. The number of hydrogen-bond acceptors (Lipinski definition) is 2. The first-order chi connectivity index (χ1) is 7.83. The summed E-state index contributed by atoms with van der Waals surface area (Å²) in [6, 6.07) is 0. The Bertz CT molecular complexity index is 215. The molecule has 1 aliphatic heterocycles. The van der Waals surface area contributed by atoms with E-state index in [4.69, 9.17) is 9.47 Å². The van der Waals surface area contributed by atoms with E-state index >= 15 is 0 Å². The highest BCUT2D eigenvalue weighted by molar-refractivity contribution is 4.98. The average molecular weight is 224 g/mol. The van der Waals surface area contributed by atoms with E-state index in [-0.39, 0.29) is 6.29 Å². The zero-order valence-corrected chi connectivity index (χ0v) is 10.4. The summed E-state index contributed by atoms with van der Waals surface area (Å²) in [5.41, 5.74) is 1.30. The van der Waals surface area contributed by atoms with Crippen LogP contribution in [-0.2, 0) is 9.47 Å². The molecule has 0 amide bonds. The van der Waals surface area contributed by atoms with E-state index in [2.05, 4.69) is 19.6 Å². The summed E-state index contributed by atoms with van der Waals surface area (Å²) in [4.78, 5) is 0. The van der Waals surface area contributed by atoms with Gasteiger partial charge in [-0.25, -0.2) is 0 Å². The van der Waals surface area contributed by atoms with E-state index in [1.165, 1.54) is 24.8 Å². The lowest BCUT2D eigenvalue weighted by Gasteiger charge is -2.22. The molecule has 0 aromatic carbocycles. The molecule has 1 heterocycles. The van der Waals surface area contributed by atoms with Crippen LogP contribution in [0.3, 0.4) is 0 Å². The molecule has 0 bridgehead atoms. The Kier molecular flexibility index (Phi) is 7.19. The fourth-order valence-electron chi connectivity index (χ4n) is 1.74. The molecular weight excluding hydrogens is 200 g/mol. The van der Waals surface area contributed by atoms with E-state index in [1.54, 1.807) is 0 Å². The fraction of sp³-hybridized carbons (Fsp3) is 0.714. The van der Waals surface area contributed by atoms with Crippen molar-refractivity contribution in [2.45, 2.75) is 51.7 Å². The van der Waals surface area contributed by atoms with Gasteiger partial charge in [0.15, 0.2) is 6.29 Å². The SMILES string of the molecule is C=CCCC/C=C(\C)COC1CCCCO1. The van der Waals surface area contributed by atoms with Gasteiger partial charge >= 0.3 is 0 Å². The minimum atomic E-state index is 0.0327. The molecular formula is C14H24O2. The molecule has 1 rings (SSSR count). The lowest BCUT2D eigenvalue weighted by Crippen LogP contribution is -2.22. The minimum absolute atomic E-state index is 0.0327. The summed E-state index contributed by atoms with van der Waals surface area (Å²) in [5.74, 6) is 0. The molecule has 92 valence electrons. The van der Waals surface area contributed by atoms with Crippen molar-refractivity contribution < 1.29 is 9.47 Å². The third-order valence-electron chi connectivity index (χ3n) is 2.74. The van der Waals surface area contributed by atoms with Crippen LogP contribution in [0, 0.1) is 0 Å². The number of hydrogen-bond donors (Lipinski definition) is 0. The molecule has 16 heavy (non-hydrogen) atoms. The Morgan fingerprint density at radius 1 is 1.44 bits per heavy atom. The van der Waals surface area contributed by atoms with Crippen LogP contribution < -0.4 is 0 Å². The van der Waals surface area contributed by atoms with Crippen LogP contribution in [0.5, 0.6) is 0 Å². The van der Waals surface area contributed by atoms with Gasteiger partial charge in [-0.15, -0.1) is 6.58 Å². The highest BCUT2D eigenvalue weighted by Crippen LogP contribution is 2.14. The summed E-state index contributed by atoms with van der Waals surface area (Å²) in [5, 5.41) is 0. The van der Waals surface area contributed by atoms with Gasteiger partial charge in [0.2, 0.25) is 0 Å². The van der Waals surface area contributed by atoms with Gasteiger partial charge in [0, 0.05) is 6.61 Å². The van der Waals surface area contributed by atoms with Crippen LogP contribution >= 0.6 is 0 Å². The monoisotopic (exact) mass is 224 g/mol. The lowest BCUT2D eigenvalue weighted by molar-refractivity contribution is -0.156. The van der Waals surface area contributed by atoms with Gasteiger partial charge in [0.25, 0.3) is 0 Å². The van der Waals surface area contributed by atoms with Crippen LogP contribution in [0.2, 0.25) is 0 Å².